The van der Waals surface area contributed by atoms with E-state index in [1.165, 1.54) is 12.1 Å². The minimum Gasteiger partial charge on any atom is -0.478 e. The molecule has 1 aromatic carbocycles. The highest BCUT2D eigenvalue weighted by Gasteiger charge is 2.09. The van der Waals surface area contributed by atoms with Gasteiger partial charge in [-0.1, -0.05) is 11.6 Å². The minimum atomic E-state index is -1.07. The van der Waals surface area contributed by atoms with Crippen LogP contribution in [-0.2, 0) is 0 Å². The van der Waals surface area contributed by atoms with Crippen LogP contribution in [0.2, 0.25) is 5.02 Å². The SMILES string of the molecule is Cc1nnc(Nc2ccc(C(=O)O)c(Cl)c2)nc1C. The van der Waals surface area contributed by atoms with Crippen molar-refractivity contribution >= 4 is 29.2 Å². The number of aromatic nitrogens is 3. The topological polar surface area (TPSA) is 88.0 Å². The molecule has 0 radical (unpaired) electrons. The zero-order valence-electron chi connectivity index (χ0n) is 10.3. The molecule has 1 heterocycles. The summed E-state index contributed by atoms with van der Waals surface area (Å²) in [6, 6.07) is 4.51. The van der Waals surface area contributed by atoms with E-state index in [0.717, 1.165) is 11.4 Å². The number of aryl methyl sites for hydroxylation is 2. The molecule has 2 rings (SSSR count). The number of anilines is 2. The number of nitrogens with one attached hydrogen (secondary N) is 1. The predicted molar refractivity (Wildman–Crippen MR) is 71.0 cm³/mol. The number of halogens is 1. The molecule has 7 heteroatoms. The van der Waals surface area contributed by atoms with Gasteiger partial charge in [-0.15, -0.1) is 5.10 Å². The van der Waals surface area contributed by atoms with E-state index >= 15 is 0 Å². The number of carboxylic acids is 1. The normalized spacial score (nSPS) is 10.3. The highest BCUT2D eigenvalue weighted by atomic mass is 35.5. The summed E-state index contributed by atoms with van der Waals surface area (Å²) in [6.45, 7) is 3.65. The zero-order valence-corrected chi connectivity index (χ0v) is 11.1. The molecule has 0 aliphatic carbocycles. The van der Waals surface area contributed by atoms with E-state index in [9.17, 15) is 4.79 Å². The fraction of sp³-hybridized carbons (Fsp3) is 0.167. The van der Waals surface area contributed by atoms with E-state index in [0.29, 0.717) is 11.6 Å². The van der Waals surface area contributed by atoms with Crippen LogP contribution in [0.3, 0.4) is 0 Å². The first-order chi connectivity index (χ1) is 8.97. The Morgan fingerprint density at radius 3 is 2.58 bits per heavy atom. The summed E-state index contributed by atoms with van der Waals surface area (Å²) in [5.41, 5.74) is 2.17. The molecule has 0 aliphatic heterocycles. The van der Waals surface area contributed by atoms with Gasteiger partial charge in [-0.2, -0.15) is 5.10 Å². The summed E-state index contributed by atoms with van der Waals surface area (Å²) in [5.74, 6) is -0.733. The van der Waals surface area contributed by atoms with Gasteiger partial charge in [-0.25, -0.2) is 9.78 Å². The molecule has 0 saturated carbocycles. The molecule has 6 nitrogen and oxygen atoms in total. The molecule has 0 fully saturated rings. The summed E-state index contributed by atoms with van der Waals surface area (Å²) >= 11 is 5.87. The van der Waals surface area contributed by atoms with E-state index in [4.69, 9.17) is 16.7 Å². The molecule has 2 aromatic rings. The quantitative estimate of drug-likeness (QED) is 0.897. The summed E-state index contributed by atoms with van der Waals surface area (Å²) in [7, 11) is 0. The summed E-state index contributed by atoms with van der Waals surface area (Å²) in [5, 5.41) is 19.8. The molecule has 0 unspecified atom stereocenters. The molecular formula is C12H11ClN4O2. The van der Waals surface area contributed by atoms with Gasteiger partial charge in [0.2, 0.25) is 5.95 Å². The van der Waals surface area contributed by atoms with Gasteiger partial charge in [-0.3, -0.25) is 0 Å². The van der Waals surface area contributed by atoms with Crippen LogP contribution in [0.5, 0.6) is 0 Å². The molecule has 98 valence electrons. The van der Waals surface area contributed by atoms with Gasteiger partial charge in [0.25, 0.3) is 0 Å². The third-order valence-corrected chi connectivity index (χ3v) is 2.86. The minimum absolute atomic E-state index is 0.0475. The van der Waals surface area contributed by atoms with Gasteiger partial charge in [0.15, 0.2) is 0 Å². The lowest BCUT2D eigenvalue weighted by atomic mass is 10.2. The van der Waals surface area contributed by atoms with E-state index in [2.05, 4.69) is 20.5 Å². The van der Waals surface area contributed by atoms with Crippen molar-refractivity contribution < 1.29 is 9.90 Å². The van der Waals surface area contributed by atoms with Crippen molar-refractivity contribution in [1.82, 2.24) is 15.2 Å². The van der Waals surface area contributed by atoms with Gasteiger partial charge >= 0.3 is 5.97 Å². The van der Waals surface area contributed by atoms with Crippen LogP contribution in [0.15, 0.2) is 18.2 Å². The lowest BCUT2D eigenvalue weighted by Crippen LogP contribution is -2.03. The van der Waals surface area contributed by atoms with E-state index < -0.39 is 5.97 Å². The van der Waals surface area contributed by atoms with Gasteiger partial charge in [0.1, 0.15) is 0 Å². The van der Waals surface area contributed by atoms with Crippen molar-refractivity contribution in [2.24, 2.45) is 0 Å². The second kappa shape index (κ2) is 5.19. The maximum Gasteiger partial charge on any atom is 0.337 e. The van der Waals surface area contributed by atoms with E-state index in [-0.39, 0.29) is 10.6 Å². The number of benzene rings is 1. The van der Waals surface area contributed by atoms with Crippen molar-refractivity contribution in [3.8, 4) is 0 Å². The Balaban J connectivity index is 2.26. The molecular weight excluding hydrogens is 268 g/mol. The van der Waals surface area contributed by atoms with E-state index in [1.54, 1.807) is 6.07 Å². The van der Waals surface area contributed by atoms with Gasteiger partial charge < -0.3 is 10.4 Å². The van der Waals surface area contributed by atoms with Crippen molar-refractivity contribution in [1.29, 1.82) is 0 Å². The Hall–Kier alpha value is -2.21. The van der Waals surface area contributed by atoms with Crippen LogP contribution >= 0.6 is 11.6 Å². The Bertz CT molecular complexity index is 646. The van der Waals surface area contributed by atoms with Gasteiger partial charge in [0, 0.05) is 5.69 Å². The van der Waals surface area contributed by atoms with Crippen molar-refractivity contribution in [2.45, 2.75) is 13.8 Å². The van der Waals surface area contributed by atoms with Crippen LogP contribution in [-0.4, -0.2) is 26.3 Å². The number of hydrogen-bond acceptors (Lipinski definition) is 5. The lowest BCUT2D eigenvalue weighted by Gasteiger charge is -2.07. The van der Waals surface area contributed by atoms with Crippen LogP contribution in [0, 0.1) is 13.8 Å². The van der Waals surface area contributed by atoms with Gasteiger partial charge in [-0.05, 0) is 32.0 Å². The highest BCUT2D eigenvalue weighted by molar-refractivity contribution is 6.33. The Morgan fingerprint density at radius 1 is 1.26 bits per heavy atom. The molecule has 0 bridgehead atoms. The van der Waals surface area contributed by atoms with Gasteiger partial charge in [0.05, 0.1) is 22.0 Å². The number of carboxylic acid groups (broad SMARTS) is 1. The molecule has 0 saturated heterocycles. The molecule has 0 spiro atoms. The molecule has 0 aliphatic rings. The molecule has 2 N–H and O–H groups in total. The fourth-order valence-electron chi connectivity index (χ4n) is 1.41. The zero-order chi connectivity index (χ0) is 14.0. The number of aromatic carboxylic acids is 1. The number of nitrogens with zero attached hydrogens (tertiary/aromatic N) is 3. The van der Waals surface area contributed by atoms with Crippen molar-refractivity contribution in [2.75, 3.05) is 5.32 Å². The summed E-state index contributed by atoms with van der Waals surface area (Å²) in [4.78, 5) is 15.0. The van der Waals surface area contributed by atoms with Crippen LogP contribution < -0.4 is 5.32 Å². The smallest absolute Gasteiger partial charge is 0.337 e. The Morgan fingerprint density at radius 2 is 2.00 bits per heavy atom. The average molecular weight is 279 g/mol. The first kappa shape index (κ1) is 13.2. The number of carbonyl (C=O) groups is 1. The third kappa shape index (κ3) is 2.97. The highest BCUT2D eigenvalue weighted by Crippen LogP contribution is 2.22. The maximum absolute atomic E-state index is 10.8. The first-order valence-corrected chi connectivity index (χ1v) is 5.83. The van der Waals surface area contributed by atoms with Crippen molar-refractivity contribution in [3.63, 3.8) is 0 Å². The first-order valence-electron chi connectivity index (χ1n) is 5.45. The Kier molecular flexibility index (Phi) is 3.62. The second-order valence-electron chi connectivity index (χ2n) is 3.93. The standard InChI is InChI=1S/C12H11ClN4O2/c1-6-7(2)16-17-12(14-6)15-8-3-4-9(11(18)19)10(13)5-8/h3-5H,1-2H3,(H,18,19)(H,14,15,17). The summed E-state index contributed by atoms with van der Waals surface area (Å²) in [6.07, 6.45) is 0. The van der Waals surface area contributed by atoms with Crippen LogP contribution in [0.4, 0.5) is 11.6 Å². The lowest BCUT2D eigenvalue weighted by molar-refractivity contribution is 0.0697. The average Bonchev–Trinajstić information content (AvgIpc) is 2.33. The van der Waals surface area contributed by atoms with Crippen molar-refractivity contribution in [3.05, 3.63) is 40.2 Å². The fourth-order valence-corrected chi connectivity index (χ4v) is 1.67. The molecule has 0 atom stereocenters. The number of rotatable bonds is 3. The molecule has 0 amide bonds. The van der Waals surface area contributed by atoms with Crippen LogP contribution in [0.1, 0.15) is 21.7 Å². The Labute approximate surface area is 114 Å². The number of hydrogen-bond donors (Lipinski definition) is 2. The van der Waals surface area contributed by atoms with Crippen LogP contribution in [0.25, 0.3) is 0 Å². The molecule has 1 aromatic heterocycles. The predicted octanol–water partition coefficient (Wildman–Crippen LogP) is 2.58. The second-order valence-corrected chi connectivity index (χ2v) is 4.34. The monoisotopic (exact) mass is 278 g/mol. The third-order valence-electron chi connectivity index (χ3n) is 2.55. The maximum atomic E-state index is 10.8. The summed E-state index contributed by atoms with van der Waals surface area (Å²) < 4.78 is 0. The molecule has 19 heavy (non-hydrogen) atoms. The van der Waals surface area contributed by atoms with E-state index in [1.807, 2.05) is 13.8 Å². The largest absolute Gasteiger partial charge is 0.478 e.